The van der Waals surface area contributed by atoms with Crippen molar-refractivity contribution in [2.45, 2.75) is 63.3 Å². The maximum absolute atomic E-state index is 12.4. The van der Waals surface area contributed by atoms with Gasteiger partial charge in [-0.2, -0.15) is 0 Å². The van der Waals surface area contributed by atoms with Gasteiger partial charge in [0.2, 0.25) is 0 Å². The lowest BCUT2D eigenvalue weighted by molar-refractivity contribution is -0.191. The highest BCUT2D eigenvalue weighted by Gasteiger charge is 2.65. The van der Waals surface area contributed by atoms with Gasteiger partial charge in [-0.05, 0) is 20.8 Å². The van der Waals surface area contributed by atoms with E-state index in [2.05, 4.69) is 5.32 Å². The molecule has 1 aliphatic carbocycles. The molecule has 1 saturated carbocycles. The first kappa shape index (κ1) is 24.5. The van der Waals surface area contributed by atoms with Crippen LogP contribution in [-0.4, -0.2) is 92.2 Å². The van der Waals surface area contributed by atoms with Crippen LogP contribution in [0.15, 0.2) is 0 Å². The molecule has 11 heteroatoms. The summed E-state index contributed by atoms with van der Waals surface area (Å²) in [6.45, 7) is 4.89. The molecule has 0 saturated heterocycles. The highest BCUT2D eigenvalue weighted by molar-refractivity contribution is 5.70. The predicted octanol–water partition coefficient (Wildman–Crippen LogP) is -0.473. The molecule has 1 fully saturated rings. The molecule has 0 spiro atoms. The molecule has 1 aliphatic rings. The van der Waals surface area contributed by atoms with Gasteiger partial charge >= 0.3 is 12.1 Å². The van der Waals surface area contributed by atoms with Crippen molar-refractivity contribution in [2.24, 2.45) is 0 Å². The Morgan fingerprint density at radius 2 is 1.61 bits per heavy atom. The molecule has 0 aromatic rings. The van der Waals surface area contributed by atoms with Crippen LogP contribution in [0, 0.1) is 0 Å². The zero-order valence-electron chi connectivity index (χ0n) is 17.1. The Hall–Kier alpha value is -1.50. The lowest BCUT2D eigenvalue weighted by Crippen LogP contribution is -2.62. The van der Waals surface area contributed by atoms with Crippen LogP contribution in [-0.2, 0) is 33.2 Å². The van der Waals surface area contributed by atoms with Gasteiger partial charge in [-0.15, -0.1) is 0 Å². The number of carbonyl (C=O) groups excluding carboxylic acids is 2. The first-order chi connectivity index (χ1) is 13.0. The average molecular weight is 409 g/mol. The molecule has 5 atom stereocenters. The molecule has 0 radical (unpaired) electrons. The maximum atomic E-state index is 12.4. The number of esters is 1. The maximum Gasteiger partial charge on any atom is 0.408 e. The fourth-order valence-electron chi connectivity index (χ4n) is 3.03. The summed E-state index contributed by atoms with van der Waals surface area (Å²) in [7, 11) is 2.77. The third-order valence-corrected chi connectivity index (χ3v) is 4.00. The Kier molecular flexibility index (Phi) is 9.05. The highest BCUT2D eigenvalue weighted by atomic mass is 16.7. The number of aliphatic hydroxyl groups excluding tert-OH is 2. The summed E-state index contributed by atoms with van der Waals surface area (Å²) in [5, 5.41) is 23.4. The van der Waals surface area contributed by atoms with Gasteiger partial charge in [0.05, 0.1) is 6.61 Å². The van der Waals surface area contributed by atoms with E-state index in [1.807, 2.05) is 0 Å². The molecule has 11 nitrogen and oxygen atoms in total. The van der Waals surface area contributed by atoms with Crippen LogP contribution in [0.4, 0.5) is 4.79 Å². The fourth-order valence-corrected chi connectivity index (χ4v) is 3.03. The molecule has 0 aromatic carbocycles. The average Bonchev–Trinajstić information content (AvgIpc) is 2.78. The molecule has 0 aliphatic heterocycles. The minimum atomic E-state index is -1.93. The largest absolute Gasteiger partial charge is 0.452 e. The van der Waals surface area contributed by atoms with Crippen LogP contribution in [0.1, 0.15) is 27.7 Å². The monoisotopic (exact) mass is 409 g/mol. The molecule has 164 valence electrons. The molecule has 1 amide bonds. The van der Waals surface area contributed by atoms with Gasteiger partial charge < -0.3 is 44.0 Å². The standard InChI is InChI=1S/C17H31NO10/c1-10(20)27-17(7-19)13(18-15(22)28-16(2,3)4)11(25-8-23-5)12(14(17)21)26-9-24-6/h11-14,19,21H,7-9H2,1-6H3,(H,18,22)/t11-,12-,13-,14+,17+/m1/s1. The molecule has 3 N–H and O–H groups in total. The summed E-state index contributed by atoms with van der Waals surface area (Å²) in [5.74, 6) is -0.776. The molecular weight excluding hydrogens is 378 g/mol. The molecule has 28 heavy (non-hydrogen) atoms. The van der Waals surface area contributed by atoms with E-state index in [0.717, 1.165) is 6.92 Å². The molecule has 0 unspecified atom stereocenters. The van der Waals surface area contributed by atoms with E-state index in [1.165, 1.54) is 14.2 Å². The van der Waals surface area contributed by atoms with Crippen molar-refractivity contribution in [3.63, 3.8) is 0 Å². The number of aliphatic hydroxyl groups is 2. The van der Waals surface area contributed by atoms with Crippen LogP contribution in [0.25, 0.3) is 0 Å². The summed E-state index contributed by atoms with van der Waals surface area (Å²) in [6, 6.07) is -1.21. The lowest BCUT2D eigenvalue weighted by atomic mass is 9.95. The van der Waals surface area contributed by atoms with Gasteiger partial charge in [-0.1, -0.05) is 0 Å². The summed E-state index contributed by atoms with van der Waals surface area (Å²) in [4.78, 5) is 24.1. The highest BCUT2D eigenvalue weighted by Crippen LogP contribution is 2.38. The normalized spacial score (nSPS) is 30.1. The zero-order chi connectivity index (χ0) is 21.5. The minimum Gasteiger partial charge on any atom is -0.452 e. The number of methoxy groups -OCH3 is 2. The van der Waals surface area contributed by atoms with Crippen molar-refractivity contribution >= 4 is 12.1 Å². The van der Waals surface area contributed by atoms with Crippen molar-refractivity contribution < 1.29 is 48.2 Å². The third kappa shape index (κ3) is 6.00. The number of alkyl carbamates (subject to hydrolysis) is 1. The van der Waals surface area contributed by atoms with Crippen molar-refractivity contribution in [2.75, 3.05) is 34.4 Å². The van der Waals surface area contributed by atoms with Crippen molar-refractivity contribution in [1.29, 1.82) is 0 Å². The van der Waals surface area contributed by atoms with Gasteiger partial charge in [0, 0.05) is 21.1 Å². The zero-order valence-corrected chi connectivity index (χ0v) is 17.1. The third-order valence-electron chi connectivity index (χ3n) is 4.00. The van der Waals surface area contributed by atoms with Crippen molar-refractivity contribution in [3.8, 4) is 0 Å². The van der Waals surface area contributed by atoms with E-state index >= 15 is 0 Å². The van der Waals surface area contributed by atoms with E-state index in [4.69, 9.17) is 28.4 Å². The van der Waals surface area contributed by atoms with Gasteiger partial charge in [0.15, 0.2) is 5.60 Å². The number of rotatable bonds is 9. The number of carbonyl (C=O) groups is 2. The molecule has 0 bridgehead atoms. The van der Waals surface area contributed by atoms with Crippen molar-refractivity contribution in [3.05, 3.63) is 0 Å². The fraction of sp³-hybridized carbons (Fsp3) is 0.882. The Balaban J connectivity index is 3.29. The Bertz CT molecular complexity index is 523. The Morgan fingerprint density at radius 1 is 1.07 bits per heavy atom. The van der Waals surface area contributed by atoms with Crippen molar-refractivity contribution in [1.82, 2.24) is 5.32 Å². The molecule has 0 heterocycles. The SMILES string of the molecule is COCO[C@@H]1[C@@H](OCOC)[C@H](O)[C@@](CO)(OC(C)=O)[C@@H]1NC(=O)OC(C)(C)C. The topological polar surface area (TPSA) is 142 Å². The summed E-state index contributed by atoms with van der Waals surface area (Å²) in [5.41, 5.74) is -2.74. The van der Waals surface area contributed by atoms with Gasteiger partial charge in [0.1, 0.15) is 43.5 Å². The van der Waals surface area contributed by atoms with Gasteiger partial charge in [-0.3, -0.25) is 4.79 Å². The van der Waals surface area contributed by atoms with Crippen LogP contribution < -0.4 is 5.32 Å². The Labute approximate surface area is 164 Å². The summed E-state index contributed by atoms with van der Waals surface area (Å²) >= 11 is 0. The van der Waals surface area contributed by atoms with E-state index < -0.39 is 54.2 Å². The summed E-state index contributed by atoms with van der Waals surface area (Å²) < 4.78 is 31.3. The molecule has 0 aromatic heterocycles. The van der Waals surface area contributed by atoms with Crippen LogP contribution in [0.3, 0.4) is 0 Å². The molecular formula is C17H31NO10. The van der Waals surface area contributed by atoms with Crippen LogP contribution in [0.2, 0.25) is 0 Å². The second-order valence-corrected chi connectivity index (χ2v) is 7.35. The quantitative estimate of drug-likeness (QED) is 0.338. The summed E-state index contributed by atoms with van der Waals surface area (Å²) in [6.07, 6.45) is -4.56. The minimum absolute atomic E-state index is 0.210. The number of nitrogens with one attached hydrogen (secondary N) is 1. The first-order valence-electron chi connectivity index (χ1n) is 8.71. The van der Waals surface area contributed by atoms with E-state index in [-0.39, 0.29) is 13.6 Å². The second kappa shape index (κ2) is 10.3. The van der Waals surface area contributed by atoms with Crippen LogP contribution in [0.5, 0.6) is 0 Å². The van der Waals surface area contributed by atoms with E-state index in [1.54, 1.807) is 20.8 Å². The smallest absolute Gasteiger partial charge is 0.408 e. The number of ether oxygens (including phenoxy) is 6. The second-order valence-electron chi connectivity index (χ2n) is 7.35. The van der Waals surface area contributed by atoms with Gasteiger partial charge in [-0.25, -0.2) is 4.79 Å². The number of hydrogen-bond donors (Lipinski definition) is 3. The number of hydrogen-bond acceptors (Lipinski definition) is 10. The van der Waals surface area contributed by atoms with E-state index in [0.29, 0.717) is 0 Å². The predicted molar refractivity (Wildman–Crippen MR) is 94.2 cm³/mol. The van der Waals surface area contributed by atoms with Gasteiger partial charge in [0.25, 0.3) is 0 Å². The van der Waals surface area contributed by atoms with Crippen LogP contribution >= 0.6 is 0 Å². The first-order valence-corrected chi connectivity index (χ1v) is 8.71. The Morgan fingerprint density at radius 3 is 2.04 bits per heavy atom. The number of amides is 1. The molecule has 1 rings (SSSR count). The van der Waals surface area contributed by atoms with E-state index in [9.17, 15) is 19.8 Å². The lowest BCUT2D eigenvalue weighted by Gasteiger charge is -2.36.